The largest absolute Gasteiger partial charge is 0.381 e. The highest BCUT2D eigenvalue weighted by molar-refractivity contribution is 7.71. The van der Waals surface area contributed by atoms with Gasteiger partial charge in [0, 0.05) is 19.8 Å². The Morgan fingerprint density at radius 2 is 2.26 bits per heavy atom. The second-order valence-electron chi connectivity index (χ2n) is 4.86. The fourth-order valence-corrected chi connectivity index (χ4v) is 2.82. The highest BCUT2D eigenvalue weighted by Gasteiger charge is 2.18. The summed E-state index contributed by atoms with van der Waals surface area (Å²) in [4.78, 5) is 2.91. The molecular weight excluding hydrogens is 270 g/mol. The molecule has 2 heterocycles. The van der Waals surface area contributed by atoms with Crippen LogP contribution < -0.4 is 0 Å². The SMILES string of the molecule is Fc1ccc2[nH]c(=S)n(CCC3CCOC3)c2c1F. The summed E-state index contributed by atoms with van der Waals surface area (Å²) >= 11 is 5.18. The van der Waals surface area contributed by atoms with Gasteiger partial charge in [0.2, 0.25) is 0 Å². The molecule has 19 heavy (non-hydrogen) atoms. The lowest BCUT2D eigenvalue weighted by atomic mass is 10.1. The van der Waals surface area contributed by atoms with Crippen molar-refractivity contribution < 1.29 is 13.5 Å². The Labute approximate surface area is 114 Å². The first-order valence-corrected chi connectivity index (χ1v) is 6.72. The highest BCUT2D eigenvalue weighted by Crippen LogP contribution is 2.23. The molecule has 1 aliphatic heterocycles. The van der Waals surface area contributed by atoms with Gasteiger partial charge in [0.05, 0.1) is 5.52 Å². The zero-order chi connectivity index (χ0) is 13.4. The van der Waals surface area contributed by atoms with Crippen molar-refractivity contribution >= 4 is 23.3 Å². The van der Waals surface area contributed by atoms with Crippen molar-refractivity contribution in [2.45, 2.75) is 19.4 Å². The van der Waals surface area contributed by atoms with Crippen LogP contribution in [0.5, 0.6) is 0 Å². The third-order valence-electron chi connectivity index (χ3n) is 3.61. The van der Waals surface area contributed by atoms with Gasteiger partial charge in [0.15, 0.2) is 16.4 Å². The van der Waals surface area contributed by atoms with Gasteiger partial charge in [-0.1, -0.05) is 0 Å². The van der Waals surface area contributed by atoms with E-state index in [1.807, 2.05) is 0 Å². The number of aryl methyl sites for hydroxylation is 1. The van der Waals surface area contributed by atoms with Gasteiger partial charge in [-0.05, 0) is 43.1 Å². The molecule has 0 aliphatic carbocycles. The van der Waals surface area contributed by atoms with Crippen molar-refractivity contribution in [2.75, 3.05) is 13.2 Å². The van der Waals surface area contributed by atoms with Crippen LogP contribution in [0, 0.1) is 22.3 Å². The number of rotatable bonds is 3. The normalized spacial score (nSPS) is 19.4. The van der Waals surface area contributed by atoms with Gasteiger partial charge >= 0.3 is 0 Å². The molecule has 6 heteroatoms. The fraction of sp³-hybridized carbons (Fsp3) is 0.462. The molecule has 0 bridgehead atoms. The number of fused-ring (bicyclic) bond motifs is 1. The zero-order valence-corrected chi connectivity index (χ0v) is 11.1. The van der Waals surface area contributed by atoms with E-state index < -0.39 is 11.6 Å². The number of ether oxygens (including phenoxy) is 1. The summed E-state index contributed by atoms with van der Waals surface area (Å²) in [5, 5.41) is 0. The van der Waals surface area contributed by atoms with Crippen LogP contribution in [0.4, 0.5) is 8.78 Å². The van der Waals surface area contributed by atoms with Crippen LogP contribution in [0.1, 0.15) is 12.8 Å². The average Bonchev–Trinajstić information content (AvgIpc) is 2.99. The van der Waals surface area contributed by atoms with Gasteiger partial charge in [-0.3, -0.25) is 0 Å². The van der Waals surface area contributed by atoms with E-state index in [1.54, 1.807) is 4.57 Å². The third kappa shape index (κ3) is 2.30. The van der Waals surface area contributed by atoms with Crippen LogP contribution in [0.25, 0.3) is 11.0 Å². The minimum absolute atomic E-state index is 0.226. The van der Waals surface area contributed by atoms with E-state index in [2.05, 4.69) is 4.98 Å². The van der Waals surface area contributed by atoms with Crippen molar-refractivity contribution in [1.29, 1.82) is 0 Å². The third-order valence-corrected chi connectivity index (χ3v) is 3.93. The summed E-state index contributed by atoms with van der Waals surface area (Å²) in [6.07, 6.45) is 1.88. The van der Waals surface area contributed by atoms with Crippen molar-refractivity contribution in [3.8, 4) is 0 Å². The summed E-state index contributed by atoms with van der Waals surface area (Å²) < 4.78 is 34.6. The van der Waals surface area contributed by atoms with Crippen LogP contribution in [-0.4, -0.2) is 22.8 Å². The number of H-pyrrole nitrogens is 1. The molecule has 1 atom stereocenters. The molecular formula is C13H14F2N2OS. The fourth-order valence-electron chi connectivity index (χ4n) is 2.52. The Kier molecular flexibility index (Phi) is 3.36. The lowest BCUT2D eigenvalue weighted by Gasteiger charge is -2.09. The summed E-state index contributed by atoms with van der Waals surface area (Å²) in [6, 6.07) is 2.62. The Balaban J connectivity index is 1.95. The lowest BCUT2D eigenvalue weighted by Crippen LogP contribution is -2.07. The first kappa shape index (κ1) is 12.7. The number of aromatic amines is 1. The molecule has 102 valence electrons. The monoisotopic (exact) mass is 284 g/mol. The number of halogens is 2. The summed E-state index contributed by atoms with van der Waals surface area (Å²) in [5.41, 5.74) is 0.760. The molecule has 1 aromatic heterocycles. The molecule has 1 N–H and O–H groups in total. The van der Waals surface area contributed by atoms with Gasteiger partial charge in [-0.2, -0.15) is 0 Å². The van der Waals surface area contributed by atoms with Crippen molar-refractivity contribution in [3.63, 3.8) is 0 Å². The predicted molar refractivity (Wildman–Crippen MR) is 70.6 cm³/mol. The van der Waals surface area contributed by atoms with Crippen molar-refractivity contribution in [3.05, 3.63) is 28.5 Å². The van der Waals surface area contributed by atoms with Crippen LogP contribution >= 0.6 is 12.2 Å². The van der Waals surface area contributed by atoms with E-state index in [-0.39, 0.29) is 5.52 Å². The predicted octanol–water partition coefficient (Wildman–Crippen LogP) is 3.40. The molecule has 3 nitrogen and oxygen atoms in total. The van der Waals surface area contributed by atoms with Gasteiger partial charge in [-0.15, -0.1) is 0 Å². The standard InChI is InChI=1S/C13H14F2N2OS/c14-9-1-2-10-12(11(9)15)17(13(19)16-10)5-3-8-4-6-18-7-8/h1-2,8H,3-7H2,(H,16,19). The molecule has 1 unspecified atom stereocenters. The van der Waals surface area contributed by atoms with E-state index >= 15 is 0 Å². The molecule has 0 amide bonds. The smallest absolute Gasteiger partial charge is 0.184 e. The van der Waals surface area contributed by atoms with Crippen molar-refractivity contribution in [2.24, 2.45) is 5.92 Å². The average molecular weight is 284 g/mol. The first-order valence-electron chi connectivity index (χ1n) is 6.31. The summed E-state index contributed by atoms with van der Waals surface area (Å²) in [7, 11) is 0. The highest BCUT2D eigenvalue weighted by atomic mass is 32.1. The molecule has 1 fully saturated rings. The Morgan fingerprint density at radius 1 is 1.42 bits per heavy atom. The Bertz CT molecular complexity index is 658. The first-order chi connectivity index (χ1) is 9.16. The lowest BCUT2D eigenvalue weighted by molar-refractivity contribution is 0.183. The topological polar surface area (TPSA) is 29.9 Å². The molecule has 0 radical (unpaired) electrons. The maximum absolute atomic E-state index is 13.9. The van der Waals surface area contributed by atoms with Gasteiger partial charge in [-0.25, -0.2) is 8.78 Å². The number of imidazole rings is 1. The maximum atomic E-state index is 13.9. The number of nitrogens with one attached hydrogen (secondary N) is 1. The van der Waals surface area contributed by atoms with E-state index in [4.69, 9.17) is 17.0 Å². The molecule has 0 spiro atoms. The quantitative estimate of drug-likeness (QED) is 0.875. The minimum Gasteiger partial charge on any atom is -0.381 e. The molecule has 1 aliphatic rings. The van der Waals surface area contributed by atoms with E-state index in [0.29, 0.717) is 22.8 Å². The van der Waals surface area contributed by atoms with E-state index in [9.17, 15) is 8.78 Å². The molecule has 0 saturated carbocycles. The van der Waals surface area contributed by atoms with Gasteiger partial charge in [0.25, 0.3) is 0 Å². The Hall–Kier alpha value is -1.27. The van der Waals surface area contributed by atoms with Crippen LogP contribution in [0.15, 0.2) is 12.1 Å². The number of benzene rings is 1. The van der Waals surface area contributed by atoms with Gasteiger partial charge < -0.3 is 14.3 Å². The number of nitrogens with zero attached hydrogens (tertiary/aromatic N) is 1. The van der Waals surface area contributed by atoms with Crippen LogP contribution in [0.3, 0.4) is 0 Å². The van der Waals surface area contributed by atoms with Crippen LogP contribution in [-0.2, 0) is 11.3 Å². The molecule has 2 aromatic rings. The second kappa shape index (κ2) is 5.02. The molecule has 1 aromatic carbocycles. The van der Waals surface area contributed by atoms with Gasteiger partial charge in [0.1, 0.15) is 5.52 Å². The van der Waals surface area contributed by atoms with E-state index in [1.165, 1.54) is 6.07 Å². The number of hydrogen-bond acceptors (Lipinski definition) is 2. The van der Waals surface area contributed by atoms with Crippen molar-refractivity contribution in [1.82, 2.24) is 9.55 Å². The summed E-state index contributed by atoms with van der Waals surface area (Å²) in [5.74, 6) is -1.21. The second-order valence-corrected chi connectivity index (χ2v) is 5.24. The Morgan fingerprint density at radius 3 is 3.00 bits per heavy atom. The van der Waals surface area contributed by atoms with Crippen LogP contribution in [0.2, 0.25) is 0 Å². The minimum atomic E-state index is -0.848. The molecule has 1 saturated heterocycles. The zero-order valence-electron chi connectivity index (χ0n) is 10.3. The molecule has 3 rings (SSSR count). The maximum Gasteiger partial charge on any atom is 0.184 e. The summed E-state index contributed by atoms with van der Waals surface area (Å²) in [6.45, 7) is 2.10. The van der Waals surface area contributed by atoms with E-state index in [0.717, 1.165) is 32.1 Å². The number of hydrogen-bond donors (Lipinski definition) is 1. The number of aromatic nitrogens is 2.